The molecule has 1 saturated carbocycles. The third-order valence-corrected chi connectivity index (χ3v) is 5.20. The summed E-state index contributed by atoms with van der Waals surface area (Å²) in [5, 5.41) is 0. The van der Waals surface area contributed by atoms with E-state index in [1.165, 1.54) is 6.42 Å². The van der Waals surface area contributed by atoms with Gasteiger partial charge in [0.2, 0.25) is 0 Å². The molecule has 0 saturated heterocycles. The quantitative estimate of drug-likeness (QED) is 0.399. The van der Waals surface area contributed by atoms with Gasteiger partial charge < -0.3 is 4.74 Å². The van der Waals surface area contributed by atoms with Crippen LogP contribution in [0.15, 0.2) is 24.3 Å². The van der Waals surface area contributed by atoms with Gasteiger partial charge in [-0.25, -0.2) is 4.39 Å². The van der Waals surface area contributed by atoms with E-state index < -0.39 is 30.3 Å². The zero-order chi connectivity index (χ0) is 20.8. The molecular weight excluding hydrogens is 382 g/mol. The van der Waals surface area contributed by atoms with Crippen molar-refractivity contribution in [2.75, 3.05) is 0 Å². The van der Waals surface area contributed by atoms with Crippen molar-refractivity contribution < 1.29 is 31.1 Å². The molecule has 28 heavy (non-hydrogen) atoms. The van der Waals surface area contributed by atoms with Gasteiger partial charge in [0.05, 0.1) is 6.42 Å². The minimum atomic E-state index is -4.58. The summed E-state index contributed by atoms with van der Waals surface area (Å²) in [4.78, 5) is 0. The zero-order valence-corrected chi connectivity index (χ0v) is 15.9. The van der Waals surface area contributed by atoms with Gasteiger partial charge in [0.1, 0.15) is 11.6 Å². The number of hydrogen-bond donors (Lipinski definition) is 0. The Bertz CT molecular complexity index is 645. The molecule has 0 N–H and O–H groups in total. The van der Waals surface area contributed by atoms with E-state index in [-0.39, 0.29) is 17.6 Å². The topological polar surface area (TPSA) is 9.23 Å². The van der Waals surface area contributed by atoms with Crippen LogP contribution in [0.25, 0.3) is 6.08 Å². The van der Waals surface area contributed by atoms with Crippen LogP contribution in [0.4, 0.5) is 26.3 Å². The molecule has 0 bridgehead atoms. The first-order valence-corrected chi connectivity index (χ1v) is 9.70. The molecule has 0 radical (unpaired) electrons. The lowest BCUT2D eigenvalue weighted by Crippen LogP contribution is -2.26. The fourth-order valence-corrected chi connectivity index (χ4v) is 3.70. The molecule has 1 aliphatic rings. The van der Waals surface area contributed by atoms with E-state index in [0.717, 1.165) is 44.2 Å². The van der Waals surface area contributed by atoms with Crippen LogP contribution in [0.2, 0.25) is 0 Å². The number of halogens is 6. The van der Waals surface area contributed by atoms with Gasteiger partial charge in [-0.15, -0.1) is 0 Å². The maximum atomic E-state index is 14.1. The first-order valence-electron chi connectivity index (χ1n) is 9.70. The monoisotopic (exact) mass is 408 g/mol. The van der Waals surface area contributed by atoms with Crippen LogP contribution in [0.3, 0.4) is 0 Å². The largest absolute Gasteiger partial charge is 0.432 e. The van der Waals surface area contributed by atoms with Crippen LogP contribution in [-0.2, 0) is 0 Å². The summed E-state index contributed by atoms with van der Waals surface area (Å²) in [6.45, 7) is 2.14. The highest BCUT2D eigenvalue weighted by molar-refractivity contribution is 5.52. The molecular formula is C21H26F6O. The number of benzene rings is 1. The van der Waals surface area contributed by atoms with Gasteiger partial charge in [-0.1, -0.05) is 45.4 Å². The molecule has 0 amide bonds. The van der Waals surface area contributed by atoms with Crippen LogP contribution >= 0.6 is 0 Å². The standard InChI is InChI=1S/C21H26F6O/c1-2-3-15-4-6-16(7-5-15)10-13-21(26,27)28-18-9-8-17(19(22)14-18)11-12-20(23,24)25/h8-9,11-12,14-16H,2-7,10,13H2,1H3/b12-11+. The molecule has 1 aliphatic carbocycles. The van der Waals surface area contributed by atoms with Gasteiger partial charge in [0.15, 0.2) is 0 Å². The lowest BCUT2D eigenvalue weighted by atomic mass is 9.78. The number of alkyl halides is 5. The number of rotatable bonds is 8. The lowest BCUT2D eigenvalue weighted by Gasteiger charge is -2.29. The summed E-state index contributed by atoms with van der Waals surface area (Å²) < 4.78 is 83.0. The van der Waals surface area contributed by atoms with Crippen molar-refractivity contribution in [3.8, 4) is 5.75 Å². The van der Waals surface area contributed by atoms with Gasteiger partial charge >= 0.3 is 12.3 Å². The van der Waals surface area contributed by atoms with Crippen molar-refractivity contribution >= 4 is 6.08 Å². The van der Waals surface area contributed by atoms with Crippen molar-refractivity contribution in [3.05, 3.63) is 35.7 Å². The molecule has 2 rings (SSSR count). The molecule has 0 aromatic heterocycles. The molecule has 1 aromatic carbocycles. The normalized spacial score (nSPS) is 21.2. The highest BCUT2D eigenvalue weighted by atomic mass is 19.4. The summed E-state index contributed by atoms with van der Waals surface area (Å²) in [6, 6.07) is 2.71. The predicted molar refractivity (Wildman–Crippen MR) is 96.7 cm³/mol. The second-order valence-corrected chi connectivity index (χ2v) is 7.51. The molecule has 0 spiro atoms. The Kier molecular flexibility index (Phi) is 7.84. The van der Waals surface area contributed by atoms with Crippen LogP contribution < -0.4 is 4.74 Å². The predicted octanol–water partition coefficient (Wildman–Crippen LogP) is 7.76. The van der Waals surface area contributed by atoms with Gasteiger partial charge in [0.25, 0.3) is 0 Å². The summed E-state index contributed by atoms with van der Waals surface area (Å²) in [7, 11) is 0. The van der Waals surface area contributed by atoms with E-state index in [2.05, 4.69) is 11.7 Å². The Morgan fingerprint density at radius 1 is 1.00 bits per heavy atom. The number of hydrogen-bond acceptors (Lipinski definition) is 1. The SMILES string of the molecule is CCCC1CCC(CCC(F)(F)Oc2ccc(/C=C/C(F)(F)F)c(F)c2)CC1. The highest BCUT2D eigenvalue weighted by Gasteiger charge is 2.33. The molecule has 7 heteroatoms. The fourth-order valence-electron chi connectivity index (χ4n) is 3.70. The smallest absolute Gasteiger partial charge is 0.409 e. The van der Waals surface area contributed by atoms with Gasteiger partial charge in [0, 0.05) is 17.7 Å². The van der Waals surface area contributed by atoms with Crippen molar-refractivity contribution in [3.63, 3.8) is 0 Å². The molecule has 1 nitrogen and oxygen atoms in total. The Labute approximate surface area is 161 Å². The molecule has 0 heterocycles. The third-order valence-electron chi connectivity index (χ3n) is 5.20. The summed E-state index contributed by atoms with van der Waals surface area (Å²) in [6.07, 6.45) is -1.37. The van der Waals surface area contributed by atoms with Crippen LogP contribution in [0.5, 0.6) is 5.75 Å². The number of allylic oxidation sites excluding steroid dienone is 1. The van der Waals surface area contributed by atoms with Crippen molar-refractivity contribution in [1.29, 1.82) is 0 Å². The van der Waals surface area contributed by atoms with Crippen LogP contribution in [0, 0.1) is 17.7 Å². The van der Waals surface area contributed by atoms with Crippen LogP contribution in [0.1, 0.15) is 63.9 Å². The number of ether oxygens (including phenoxy) is 1. The van der Waals surface area contributed by atoms with E-state index >= 15 is 0 Å². The highest BCUT2D eigenvalue weighted by Crippen LogP contribution is 2.36. The summed E-state index contributed by atoms with van der Waals surface area (Å²) in [5.41, 5.74) is -0.350. The van der Waals surface area contributed by atoms with E-state index in [1.807, 2.05) is 0 Å². The van der Waals surface area contributed by atoms with Gasteiger partial charge in [-0.05, 0) is 36.5 Å². The summed E-state index contributed by atoms with van der Waals surface area (Å²) >= 11 is 0. The third kappa shape index (κ3) is 7.76. The van der Waals surface area contributed by atoms with Crippen LogP contribution in [-0.4, -0.2) is 12.3 Å². The zero-order valence-electron chi connectivity index (χ0n) is 15.9. The van der Waals surface area contributed by atoms with Crippen molar-refractivity contribution in [2.45, 2.75) is 70.6 Å². The maximum absolute atomic E-state index is 14.1. The lowest BCUT2D eigenvalue weighted by molar-refractivity contribution is -0.183. The van der Waals surface area contributed by atoms with E-state index in [0.29, 0.717) is 24.5 Å². The van der Waals surface area contributed by atoms with E-state index in [9.17, 15) is 26.3 Å². The Balaban J connectivity index is 1.86. The molecule has 0 aliphatic heterocycles. The average Bonchev–Trinajstić information content (AvgIpc) is 2.60. The molecule has 0 atom stereocenters. The molecule has 0 unspecified atom stereocenters. The maximum Gasteiger partial charge on any atom is 0.409 e. The van der Waals surface area contributed by atoms with Crippen molar-refractivity contribution in [2.24, 2.45) is 11.8 Å². The van der Waals surface area contributed by atoms with E-state index in [4.69, 9.17) is 0 Å². The first kappa shape index (κ1) is 22.6. The first-order chi connectivity index (χ1) is 13.1. The van der Waals surface area contributed by atoms with Crippen molar-refractivity contribution in [1.82, 2.24) is 0 Å². The van der Waals surface area contributed by atoms with Gasteiger partial charge in [-0.2, -0.15) is 22.0 Å². The Morgan fingerprint density at radius 3 is 2.14 bits per heavy atom. The molecule has 1 aromatic rings. The molecule has 158 valence electrons. The minimum absolute atomic E-state index is 0.115. The minimum Gasteiger partial charge on any atom is -0.432 e. The molecule has 1 fully saturated rings. The summed E-state index contributed by atoms with van der Waals surface area (Å²) in [5.74, 6) is -0.513. The average molecular weight is 408 g/mol. The Morgan fingerprint density at radius 2 is 1.61 bits per heavy atom. The second kappa shape index (κ2) is 9.70. The van der Waals surface area contributed by atoms with Gasteiger partial charge in [-0.3, -0.25) is 0 Å². The fraction of sp³-hybridized carbons (Fsp3) is 0.619. The Hall–Kier alpha value is -1.66. The second-order valence-electron chi connectivity index (χ2n) is 7.51. The van der Waals surface area contributed by atoms with E-state index in [1.54, 1.807) is 0 Å².